The van der Waals surface area contributed by atoms with E-state index in [4.69, 9.17) is 4.74 Å². The van der Waals surface area contributed by atoms with E-state index in [0.717, 1.165) is 16.9 Å². The maximum atomic E-state index is 12.6. The predicted octanol–water partition coefficient (Wildman–Crippen LogP) is 4.54. The number of phenols is 1. The molecule has 6 heteroatoms. The first-order chi connectivity index (χ1) is 14.6. The van der Waals surface area contributed by atoms with Crippen LogP contribution in [0.25, 0.3) is 23.0 Å². The molecule has 0 aliphatic rings. The summed E-state index contributed by atoms with van der Waals surface area (Å²) >= 11 is 0. The zero-order chi connectivity index (χ0) is 20.9. The molecule has 4 aromatic rings. The van der Waals surface area contributed by atoms with Crippen LogP contribution in [0.2, 0.25) is 0 Å². The van der Waals surface area contributed by atoms with Crippen LogP contribution >= 0.6 is 0 Å². The zero-order valence-electron chi connectivity index (χ0n) is 16.3. The van der Waals surface area contributed by atoms with Crippen molar-refractivity contribution in [1.29, 1.82) is 0 Å². The Morgan fingerprint density at radius 3 is 2.63 bits per heavy atom. The average molecular weight is 397 g/mol. The van der Waals surface area contributed by atoms with Crippen molar-refractivity contribution in [2.75, 3.05) is 7.11 Å². The second-order valence-corrected chi connectivity index (χ2v) is 6.59. The Morgan fingerprint density at radius 2 is 1.87 bits per heavy atom. The monoisotopic (exact) mass is 397 g/mol. The van der Waals surface area contributed by atoms with Gasteiger partial charge in [-0.3, -0.25) is 4.79 Å². The summed E-state index contributed by atoms with van der Waals surface area (Å²) in [4.78, 5) is 12.6. The van der Waals surface area contributed by atoms with E-state index in [0.29, 0.717) is 16.9 Å². The highest BCUT2D eigenvalue weighted by Gasteiger charge is 2.08. The lowest BCUT2D eigenvalue weighted by atomic mass is 10.1. The molecular formula is C24H19N3O3. The number of carbonyl (C=O) groups excluding carboxylic acids is 1. The van der Waals surface area contributed by atoms with Crippen LogP contribution in [0.5, 0.6) is 11.5 Å². The Labute approximate surface area is 173 Å². The molecule has 1 aromatic heterocycles. The summed E-state index contributed by atoms with van der Waals surface area (Å²) in [7, 11) is 1.49. The summed E-state index contributed by atoms with van der Waals surface area (Å²) in [5, 5.41) is 18.3. The largest absolute Gasteiger partial charge is 0.504 e. The Bertz CT molecular complexity index is 1210. The van der Waals surface area contributed by atoms with E-state index >= 15 is 0 Å². The standard InChI is InChI=1S/C24H19N3O3/c1-30-24-13-11-17(14-23(24)29)10-12-22(28)19-8-5-9-20(15-19)27-16-21(25-26-27)18-6-3-2-4-7-18/h2-16,29H,1H3/b12-10+. The molecule has 0 atom stereocenters. The zero-order valence-corrected chi connectivity index (χ0v) is 16.3. The highest BCUT2D eigenvalue weighted by atomic mass is 16.5. The van der Waals surface area contributed by atoms with Crippen LogP contribution in [0, 0.1) is 0 Å². The van der Waals surface area contributed by atoms with E-state index in [2.05, 4.69) is 10.3 Å². The molecule has 6 nitrogen and oxygen atoms in total. The fourth-order valence-electron chi connectivity index (χ4n) is 3.01. The molecule has 0 saturated carbocycles. The lowest BCUT2D eigenvalue weighted by molar-refractivity contribution is 0.104. The molecule has 148 valence electrons. The van der Waals surface area contributed by atoms with Crippen molar-refractivity contribution >= 4 is 11.9 Å². The molecule has 0 bridgehead atoms. The van der Waals surface area contributed by atoms with Crippen molar-refractivity contribution < 1.29 is 14.6 Å². The number of hydrogen-bond acceptors (Lipinski definition) is 5. The first kappa shape index (κ1) is 19.1. The highest BCUT2D eigenvalue weighted by molar-refractivity contribution is 6.07. The molecule has 0 spiro atoms. The van der Waals surface area contributed by atoms with Crippen molar-refractivity contribution in [3.63, 3.8) is 0 Å². The second kappa shape index (κ2) is 8.45. The molecule has 1 N–H and O–H groups in total. The number of hydrogen-bond donors (Lipinski definition) is 1. The number of aromatic nitrogens is 3. The van der Waals surface area contributed by atoms with Gasteiger partial charge in [0, 0.05) is 11.1 Å². The minimum atomic E-state index is -0.157. The molecule has 0 aliphatic heterocycles. The number of benzene rings is 3. The minimum absolute atomic E-state index is 0.0227. The van der Waals surface area contributed by atoms with Gasteiger partial charge in [-0.15, -0.1) is 5.10 Å². The van der Waals surface area contributed by atoms with Gasteiger partial charge < -0.3 is 9.84 Å². The summed E-state index contributed by atoms with van der Waals surface area (Å²) in [5.74, 6) is 0.249. The Morgan fingerprint density at radius 1 is 1.03 bits per heavy atom. The van der Waals surface area contributed by atoms with Gasteiger partial charge in [-0.2, -0.15) is 0 Å². The normalized spacial score (nSPS) is 11.0. The van der Waals surface area contributed by atoms with Gasteiger partial charge in [-0.1, -0.05) is 59.8 Å². The number of methoxy groups -OCH3 is 1. The Kier molecular flexibility index (Phi) is 5.39. The quantitative estimate of drug-likeness (QED) is 0.382. The molecule has 4 rings (SSSR count). The van der Waals surface area contributed by atoms with E-state index in [1.54, 1.807) is 47.2 Å². The van der Waals surface area contributed by atoms with Crippen molar-refractivity contribution in [3.8, 4) is 28.4 Å². The SMILES string of the molecule is COc1ccc(/C=C/C(=O)c2cccc(-n3cc(-c4ccccc4)nn3)c2)cc1O. The fraction of sp³-hybridized carbons (Fsp3) is 0.0417. The van der Waals surface area contributed by atoms with Crippen LogP contribution in [0.3, 0.4) is 0 Å². The number of ketones is 1. The Hall–Kier alpha value is -4.19. The topological polar surface area (TPSA) is 77.2 Å². The van der Waals surface area contributed by atoms with Crippen LogP contribution < -0.4 is 4.74 Å². The van der Waals surface area contributed by atoms with Gasteiger partial charge in [0.1, 0.15) is 5.69 Å². The van der Waals surface area contributed by atoms with Gasteiger partial charge in [-0.05, 0) is 35.9 Å². The smallest absolute Gasteiger partial charge is 0.185 e. The summed E-state index contributed by atoms with van der Waals surface area (Å²) in [6.45, 7) is 0. The number of nitrogens with zero attached hydrogens (tertiary/aromatic N) is 3. The van der Waals surface area contributed by atoms with Gasteiger partial charge >= 0.3 is 0 Å². The number of allylic oxidation sites excluding steroid dienone is 1. The van der Waals surface area contributed by atoms with E-state index in [9.17, 15) is 9.90 Å². The van der Waals surface area contributed by atoms with Crippen molar-refractivity contribution in [1.82, 2.24) is 15.0 Å². The summed E-state index contributed by atoms with van der Waals surface area (Å²) in [6, 6.07) is 21.9. The van der Waals surface area contributed by atoms with Crippen LogP contribution in [-0.2, 0) is 0 Å². The van der Waals surface area contributed by atoms with E-state index in [-0.39, 0.29) is 11.5 Å². The van der Waals surface area contributed by atoms with Crippen LogP contribution in [-0.4, -0.2) is 33.0 Å². The van der Waals surface area contributed by atoms with E-state index in [1.165, 1.54) is 13.2 Å². The molecule has 3 aromatic carbocycles. The molecule has 0 fully saturated rings. The third-order valence-corrected chi connectivity index (χ3v) is 4.59. The molecule has 1 heterocycles. The highest BCUT2D eigenvalue weighted by Crippen LogP contribution is 2.26. The number of aromatic hydroxyl groups is 1. The van der Waals surface area contributed by atoms with Crippen molar-refractivity contribution in [3.05, 3.63) is 96.2 Å². The first-order valence-corrected chi connectivity index (χ1v) is 9.31. The third-order valence-electron chi connectivity index (χ3n) is 4.59. The van der Waals surface area contributed by atoms with Gasteiger partial charge in [0.05, 0.1) is 19.0 Å². The molecule has 0 aliphatic carbocycles. The lowest BCUT2D eigenvalue weighted by Crippen LogP contribution is -1.99. The fourth-order valence-corrected chi connectivity index (χ4v) is 3.01. The molecular weight excluding hydrogens is 378 g/mol. The Balaban J connectivity index is 1.54. The first-order valence-electron chi connectivity index (χ1n) is 9.31. The molecule has 0 unspecified atom stereocenters. The maximum absolute atomic E-state index is 12.6. The maximum Gasteiger partial charge on any atom is 0.185 e. The second-order valence-electron chi connectivity index (χ2n) is 6.59. The van der Waals surface area contributed by atoms with Gasteiger partial charge in [0.25, 0.3) is 0 Å². The average Bonchev–Trinajstić information content (AvgIpc) is 3.29. The number of rotatable bonds is 6. The van der Waals surface area contributed by atoms with Gasteiger partial charge in [0.15, 0.2) is 17.3 Å². The number of phenolic OH excluding ortho intramolecular Hbond substituents is 1. The van der Waals surface area contributed by atoms with Crippen LogP contribution in [0.4, 0.5) is 0 Å². The summed E-state index contributed by atoms with van der Waals surface area (Å²) < 4.78 is 6.67. The summed E-state index contributed by atoms with van der Waals surface area (Å²) in [6.07, 6.45) is 4.95. The molecule has 0 radical (unpaired) electrons. The lowest BCUT2D eigenvalue weighted by Gasteiger charge is -2.04. The van der Waals surface area contributed by atoms with Crippen molar-refractivity contribution in [2.45, 2.75) is 0 Å². The predicted molar refractivity (Wildman–Crippen MR) is 115 cm³/mol. The molecule has 30 heavy (non-hydrogen) atoms. The third kappa shape index (κ3) is 4.12. The number of carbonyl (C=O) groups is 1. The summed E-state index contributed by atoms with van der Waals surface area (Å²) in [5.41, 5.74) is 3.69. The van der Waals surface area contributed by atoms with E-state index < -0.39 is 0 Å². The van der Waals surface area contributed by atoms with Gasteiger partial charge in [-0.25, -0.2) is 4.68 Å². The molecule has 0 saturated heterocycles. The minimum Gasteiger partial charge on any atom is -0.504 e. The van der Waals surface area contributed by atoms with E-state index in [1.807, 2.05) is 42.6 Å². The van der Waals surface area contributed by atoms with Crippen LogP contribution in [0.15, 0.2) is 85.1 Å². The van der Waals surface area contributed by atoms with Crippen molar-refractivity contribution in [2.24, 2.45) is 0 Å². The molecule has 0 amide bonds. The van der Waals surface area contributed by atoms with Gasteiger partial charge in [0.2, 0.25) is 0 Å². The van der Waals surface area contributed by atoms with Crippen LogP contribution in [0.1, 0.15) is 15.9 Å². The number of ether oxygens (including phenoxy) is 1.